The molecule has 172 valence electrons. The molecule has 2 aliphatic rings. The number of carbonyl (C=O) groups excluding carboxylic acids is 1. The molecule has 0 N–H and O–H groups in total. The van der Waals surface area contributed by atoms with E-state index in [1.54, 1.807) is 6.07 Å². The first-order valence-electron chi connectivity index (χ1n) is 12.3. The Labute approximate surface area is 186 Å². The molecule has 2 aliphatic carbocycles. The van der Waals surface area contributed by atoms with E-state index in [0.29, 0.717) is 12.5 Å². The fourth-order valence-corrected chi connectivity index (χ4v) is 5.76. The van der Waals surface area contributed by atoms with Gasteiger partial charge in [-0.15, -0.1) is 0 Å². The van der Waals surface area contributed by atoms with Gasteiger partial charge in [0.1, 0.15) is 0 Å². The minimum Gasteiger partial charge on any atom is -0.463 e. The van der Waals surface area contributed by atoms with Crippen molar-refractivity contribution in [3.63, 3.8) is 0 Å². The molecule has 0 radical (unpaired) electrons. The van der Waals surface area contributed by atoms with Crippen molar-refractivity contribution in [2.24, 2.45) is 17.8 Å². The molecule has 0 bridgehead atoms. The number of rotatable bonds is 10. The lowest BCUT2D eigenvalue weighted by Gasteiger charge is -2.38. The number of unbranched alkanes of at least 4 members (excludes halogenated alkanes) is 3. The van der Waals surface area contributed by atoms with Gasteiger partial charge in [0.25, 0.3) is 0 Å². The fraction of sp³-hybridized carbons (Fsp3) is 0.667. The highest BCUT2D eigenvalue weighted by Crippen LogP contribution is 2.44. The van der Waals surface area contributed by atoms with Crippen LogP contribution in [0.1, 0.15) is 95.0 Å². The van der Waals surface area contributed by atoms with Gasteiger partial charge >= 0.3 is 5.97 Å². The fourth-order valence-electron chi connectivity index (χ4n) is 5.76. The lowest BCUT2D eigenvalue weighted by Crippen LogP contribution is -2.25. The number of benzene rings is 1. The van der Waals surface area contributed by atoms with Gasteiger partial charge in [-0.2, -0.15) is 0 Å². The molecule has 0 amide bonds. The van der Waals surface area contributed by atoms with Crippen LogP contribution in [-0.2, 0) is 9.53 Å². The largest absolute Gasteiger partial charge is 0.463 e. The number of carbonyl (C=O) groups is 1. The maximum Gasteiger partial charge on any atom is 0.330 e. The van der Waals surface area contributed by atoms with Gasteiger partial charge in [-0.3, -0.25) is 0 Å². The summed E-state index contributed by atoms with van der Waals surface area (Å²) in [6.07, 6.45) is 17.3. The van der Waals surface area contributed by atoms with Crippen LogP contribution < -0.4 is 0 Å². The maximum absolute atomic E-state index is 13.6. The molecule has 0 aliphatic heterocycles. The Hall–Kier alpha value is -1.71. The highest BCUT2D eigenvalue weighted by molar-refractivity contribution is 5.81. The summed E-state index contributed by atoms with van der Waals surface area (Å²) in [6.45, 7) is 3.91. The van der Waals surface area contributed by atoms with Crippen molar-refractivity contribution in [3.05, 3.63) is 48.1 Å². The van der Waals surface area contributed by atoms with E-state index in [4.69, 9.17) is 4.74 Å². The van der Waals surface area contributed by atoms with E-state index in [-0.39, 0.29) is 5.97 Å². The second-order valence-electron chi connectivity index (χ2n) is 9.64. The second kappa shape index (κ2) is 12.4. The summed E-state index contributed by atoms with van der Waals surface area (Å²) in [7, 11) is 0. The van der Waals surface area contributed by atoms with Crippen LogP contribution in [0.2, 0.25) is 0 Å². The van der Waals surface area contributed by atoms with E-state index in [2.05, 4.69) is 6.58 Å². The zero-order valence-electron chi connectivity index (χ0n) is 18.8. The third-order valence-electron chi connectivity index (χ3n) is 7.66. The third kappa shape index (κ3) is 7.43. The Morgan fingerprint density at radius 3 is 2.19 bits per heavy atom. The summed E-state index contributed by atoms with van der Waals surface area (Å²) in [5.41, 5.74) is 0.972. The second-order valence-corrected chi connectivity index (χ2v) is 9.64. The molecule has 0 aromatic heterocycles. The van der Waals surface area contributed by atoms with Crippen LogP contribution in [0.5, 0.6) is 0 Å². The van der Waals surface area contributed by atoms with Crippen LogP contribution in [-0.4, -0.2) is 12.6 Å². The highest BCUT2D eigenvalue weighted by Gasteiger charge is 2.31. The molecule has 0 saturated heterocycles. The average Bonchev–Trinajstić information content (AvgIpc) is 2.80. The van der Waals surface area contributed by atoms with Crippen LogP contribution in [0.4, 0.5) is 8.78 Å². The van der Waals surface area contributed by atoms with Gasteiger partial charge in [0.05, 0.1) is 6.61 Å². The van der Waals surface area contributed by atoms with Crippen LogP contribution in [0, 0.1) is 29.4 Å². The van der Waals surface area contributed by atoms with Gasteiger partial charge in [-0.1, -0.05) is 51.2 Å². The minimum atomic E-state index is -0.747. The smallest absolute Gasteiger partial charge is 0.330 e. The number of ether oxygens (including phenoxy) is 1. The molecule has 2 fully saturated rings. The zero-order valence-corrected chi connectivity index (χ0v) is 18.8. The Balaban J connectivity index is 1.27. The Morgan fingerprint density at radius 1 is 0.903 bits per heavy atom. The number of hydrogen-bond acceptors (Lipinski definition) is 2. The monoisotopic (exact) mass is 432 g/mol. The van der Waals surface area contributed by atoms with Crippen molar-refractivity contribution < 1.29 is 18.3 Å². The predicted octanol–water partition coefficient (Wildman–Crippen LogP) is 7.72. The van der Waals surface area contributed by atoms with Crippen molar-refractivity contribution >= 4 is 5.97 Å². The maximum atomic E-state index is 13.6. The molecule has 2 saturated carbocycles. The molecular formula is C27H38F2O2. The lowest BCUT2D eigenvalue weighted by molar-refractivity contribution is -0.137. The summed E-state index contributed by atoms with van der Waals surface area (Å²) in [4.78, 5) is 11.0. The van der Waals surface area contributed by atoms with E-state index in [0.717, 1.165) is 49.0 Å². The molecule has 1 aromatic carbocycles. The molecule has 0 heterocycles. The molecular weight excluding hydrogens is 394 g/mol. The summed E-state index contributed by atoms with van der Waals surface area (Å²) in [6, 6.07) is 4.44. The zero-order chi connectivity index (χ0) is 22.1. The Morgan fingerprint density at radius 2 is 1.55 bits per heavy atom. The highest BCUT2D eigenvalue weighted by atomic mass is 19.2. The molecule has 2 nitrogen and oxygen atoms in total. The van der Waals surface area contributed by atoms with Crippen LogP contribution in [0.15, 0.2) is 30.9 Å². The minimum absolute atomic E-state index is 0.324. The van der Waals surface area contributed by atoms with Gasteiger partial charge in [0, 0.05) is 6.08 Å². The van der Waals surface area contributed by atoms with Gasteiger partial charge in [-0.25, -0.2) is 13.6 Å². The van der Waals surface area contributed by atoms with Crippen molar-refractivity contribution in [1.29, 1.82) is 0 Å². The SMILES string of the molecule is C=CC(=O)OCCCCCCC1CCC(C2CCC(c3ccc(F)c(F)c3)CC2)CC1. The normalized spacial score (nSPS) is 26.4. The molecule has 0 atom stereocenters. The topological polar surface area (TPSA) is 26.3 Å². The molecule has 3 rings (SSSR count). The summed E-state index contributed by atoms with van der Waals surface area (Å²) in [5.74, 6) is 1.17. The van der Waals surface area contributed by atoms with E-state index in [1.165, 1.54) is 76.0 Å². The quantitative estimate of drug-likeness (QED) is 0.215. The van der Waals surface area contributed by atoms with E-state index in [9.17, 15) is 13.6 Å². The summed E-state index contributed by atoms with van der Waals surface area (Å²) < 4.78 is 31.8. The first-order valence-corrected chi connectivity index (χ1v) is 12.3. The summed E-state index contributed by atoms with van der Waals surface area (Å²) in [5, 5.41) is 0. The van der Waals surface area contributed by atoms with Gasteiger partial charge in [0.15, 0.2) is 11.6 Å². The van der Waals surface area contributed by atoms with Gasteiger partial charge in [-0.05, 0) is 86.3 Å². The Bertz CT molecular complexity index is 701. The van der Waals surface area contributed by atoms with Crippen molar-refractivity contribution in [2.45, 2.75) is 89.4 Å². The van der Waals surface area contributed by atoms with E-state index >= 15 is 0 Å². The van der Waals surface area contributed by atoms with E-state index < -0.39 is 11.6 Å². The Kier molecular flexibility index (Phi) is 9.54. The predicted molar refractivity (Wildman–Crippen MR) is 121 cm³/mol. The van der Waals surface area contributed by atoms with Crippen LogP contribution >= 0.6 is 0 Å². The molecule has 4 heteroatoms. The van der Waals surface area contributed by atoms with Crippen molar-refractivity contribution in [1.82, 2.24) is 0 Å². The molecule has 1 aromatic rings. The summed E-state index contributed by atoms with van der Waals surface area (Å²) >= 11 is 0. The van der Waals surface area contributed by atoms with Gasteiger partial charge < -0.3 is 4.74 Å². The first kappa shape index (κ1) is 23.9. The lowest BCUT2D eigenvalue weighted by atomic mass is 9.68. The third-order valence-corrected chi connectivity index (χ3v) is 7.66. The van der Waals surface area contributed by atoms with E-state index in [1.807, 2.05) is 0 Å². The molecule has 31 heavy (non-hydrogen) atoms. The van der Waals surface area contributed by atoms with Crippen LogP contribution in [0.3, 0.4) is 0 Å². The molecule has 0 unspecified atom stereocenters. The average molecular weight is 433 g/mol. The number of hydrogen-bond donors (Lipinski definition) is 0. The van der Waals surface area contributed by atoms with Crippen molar-refractivity contribution in [3.8, 4) is 0 Å². The number of halogens is 2. The van der Waals surface area contributed by atoms with Crippen molar-refractivity contribution in [2.75, 3.05) is 6.61 Å². The number of esters is 1. The first-order chi connectivity index (χ1) is 15.1. The van der Waals surface area contributed by atoms with Crippen LogP contribution in [0.25, 0.3) is 0 Å². The standard InChI is InChI=1S/C27H38F2O2/c1-2-27(30)31-18-6-4-3-5-7-20-8-10-21(11-9-20)22-12-14-23(15-13-22)24-16-17-25(28)26(29)19-24/h2,16-17,19-23H,1,3-15,18H2. The van der Waals surface area contributed by atoms with Gasteiger partial charge in [0.2, 0.25) is 0 Å². The molecule has 0 spiro atoms.